The molecule has 2 aromatic heterocycles. The highest BCUT2D eigenvalue weighted by molar-refractivity contribution is 6.31. The zero-order valence-corrected chi connectivity index (χ0v) is 23.2. The van der Waals surface area contributed by atoms with Gasteiger partial charge in [0.1, 0.15) is 0 Å². The van der Waals surface area contributed by atoms with Crippen molar-refractivity contribution >= 4 is 34.5 Å². The van der Waals surface area contributed by atoms with Crippen molar-refractivity contribution in [2.45, 2.75) is 59.8 Å². The Morgan fingerprint density at radius 1 is 1.05 bits per heavy atom. The van der Waals surface area contributed by atoms with Gasteiger partial charge in [0.25, 0.3) is 0 Å². The lowest BCUT2D eigenvalue weighted by Crippen LogP contribution is -2.21. The van der Waals surface area contributed by atoms with Crippen LogP contribution in [-0.4, -0.2) is 20.9 Å². The van der Waals surface area contributed by atoms with Crippen molar-refractivity contribution in [3.05, 3.63) is 83.3 Å². The third-order valence-electron chi connectivity index (χ3n) is 6.97. The molecule has 2 N–H and O–H groups in total. The molecule has 4 aromatic rings. The lowest BCUT2D eigenvalue weighted by atomic mass is 9.97. The minimum atomic E-state index is 0.694. The maximum atomic E-state index is 6.48. The van der Waals surface area contributed by atoms with Crippen LogP contribution in [0.3, 0.4) is 0 Å². The predicted molar refractivity (Wildman–Crippen MR) is 158 cm³/mol. The van der Waals surface area contributed by atoms with Crippen LogP contribution in [-0.2, 0) is 6.42 Å². The quantitative estimate of drug-likeness (QED) is 0.199. The van der Waals surface area contributed by atoms with Crippen molar-refractivity contribution in [2.24, 2.45) is 5.92 Å². The number of aryl methyl sites for hydroxylation is 2. The maximum absolute atomic E-state index is 6.48. The van der Waals surface area contributed by atoms with E-state index in [0.29, 0.717) is 11.7 Å². The highest BCUT2D eigenvalue weighted by Crippen LogP contribution is 2.29. The number of halogens is 1. The SMILES string of the molecule is C=C(NCC(CCC)CCC)c1ccc(Nc2nccn3c(-c4ccc(CC)c(Cl)c4)cnc23)cc1C. The molecule has 0 saturated carbocycles. The number of hydrogen-bond acceptors (Lipinski definition) is 4. The van der Waals surface area contributed by atoms with Crippen LogP contribution in [0.1, 0.15) is 63.1 Å². The number of imidazole rings is 1. The van der Waals surface area contributed by atoms with Gasteiger partial charge in [-0.3, -0.25) is 4.40 Å². The molecule has 2 aromatic carbocycles. The van der Waals surface area contributed by atoms with E-state index in [2.05, 4.69) is 85.2 Å². The molecular weight excluding hydrogens is 478 g/mol. The van der Waals surface area contributed by atoms with Gasteiger partial charge in [-0.05, 0) is 61.4 Å². The van der Waals surface area contributed by atoms with Gasteiger partial charge in [-0.1, -0.05) is 70.0 Å². The van der Waals surface area contributed by atoms with Crippen LogP contribution in [0.5, 0.6) is 0 Å². The van der Waals surface area contributed by atoms with Gasteiger partial charge in [-0.2, -0.15) is 0 Å². The average Bonchev–Trinajstić information content (AvgIpc) is 3.33. The Balaban J connectivity index is 1.52. The van der Waals surface area contributed by atoms with E-state index in [9.17, 15) is 0 Å². The van der Waals surface area contributed by atoms with Gasteiger partial charge in [-0.25, -0.2) is 9.97 Å². The third-order valence-corrected chi connectivity index (χ3v) is 7.32. The van der Waals surface area contributed by atoms with E-state index >= 15 is 0 Å². The first kappa shape index (κ1) is 26.7. The highest BCUT2D eigenvalue weighted by Gasteiger charge is 2.13. The summed E-state index contributed by atoms with van der Waals surface area (Å²) in [6.07, 6.45) is 11.4. The maximum Gasteiger partial charge on any atom is 0.180 e. The molecule has 0 atom stereocenters. The average molecular weight is 516 g/mol. The minimum absolute atomic E-state index is 0.694. The number of anilines is 2. The van der Waals surface area contributed by atoms with E-state index in [1.165, 1.54) is 25.7 Å². The fourth-order valence-corrected chi connectivity index (χ4v) is 5.27. The first-order chi connectivity index (χ1) is 17.9. The molecule has 0 spiro atoms. The lowest BCUT2D eigenvalue weighted by molar-refractivity contribution is 0.433. The van der Waals surface area contributed by atoms with E-state index in [0.717, 1.165) is 63.0 Å². The fraction of sp³-hybridized carbons (Fsp3) is 0.355. The number of nitrogens with zero attached hydrogens (tertiary/aromatic N) is 3. The summed E-state index contributed by atoms with van der Waals surface area (Å²) in [7, 11) is 0. The van der Waals surface area contributed by atoms with Crippen molar-refractivity contribution in [2.75, 3.05) is 11.9 Å². The Bertz CT molecular complexity index is 1370. The standard InChI is InChI=1S/C31H38ClN5/c1-6-9-23(10-7-2)19-34-22(5)27-14-13-26(17-21(27)4)36-30-31-35-20-29(37(31)16-15-33-30)25-12-11-24(8-3)28(32)18-25/h11-18,20,23,34H,5-10,19H2,1-4H3,(H,33,36). The minimum Gasteiger partial charge on any atom is -0.385 e. The van der Waals surface area contributed by atoms with Crippen molar-refractivity contribution < 1.29 is 0 Å². The molecule has 0 aliphatic rings. The van der Waals surface area contributed by atoms with Crippen molar-refractivity contribution in [3.63, 3.8) is 0 Å². The molecule has 194 valence electrons. The van der Waals surface area contributed by atoms with E-state index in [-0.39, 0.29) is 0 Å². The normalized spacial score (nSPS) is 11.3. The third kappa shape index (κ3) is 6.16. The molecule has 37 heavy (non-hydrogen) atoms. The summed E-state index contributed by atoms with van der Waals surface area (Å²) in [5.74, 6) is 1.40. The summed E-state index contributed by atoms with van der Waals surface area (Å²) in [5.41, 5.74) is 8.14. The molecule has 0 radical (unpaired) electrons. The highest BCUT2D eigenvalue weighted by atomic mass is 35.5. The molecule has 0 bridgehead atoms. The first-order valence-electron chi connectivity index (χ1n) is 13.4. The monoisotopic (exact) mass is 515 g/mol. The van der Waals surface area contributed by atoms with Crippen LogP contribution in [0.25, 0.3) is 22.6 Å². The van der Waals surface area contributed by atoms with Gasteiger partial charge in [-0.15, -0.1) is 0 Å². The van der Waals surface area contributed by atoms with Gasteiger partial charge in [0.05, 0.1) is 11.9 Å². The molecular formula is C31H38ClN5. The number of benzene rings is 2. The van der Waals surface area contributed by atoms with Crippen molar-refractivity contribution in [1.29, 1.82) is 0 Å². The second kappa shape index (κ2) is 12.3. The van der Waals surface area contributed by atoms with Crippen LogP contribution in [0, 0.1) is 12.8 Å². The van der Waals surface area contributed by atoms with Crippen molar-refractivity contribution in [1.82, 2.24) is 19.7 Å². The molecule has 5 nitrogen and oxygen atoms in total. The van der Waals surface area contributed by atoms with Crippen LogP contribution in [0.2, 0.25) is 5.02 Å². The van der Waals surface area contributed by atoms with Gasteiger partial charge in [0.2, 0.25) is 0 Å². The molecule has 4 rings (SSSR count). The number of aromatic nitrogens is 3. The molecule has 0 aliphatic heterocycles. The summed E-state index contributed by atoms with van der Waals surface area (Å²) in [6, 6.07) is 12.5. The Morgan fingerprint density at radius 3 is 2.51 bits per heavy atom. The topological polar surface area (TPSA) is 54.2 Å². The van der Waals surface area contributed by atoms with Gasteiger partial charge in [0.15, 0.2) is 11.5 Å². The summed E-state index contributed by atoms with van der Waals surface area (Å²) in [4.78, 5) is 9.25. The van der Waals surface area contributed by atoms with E-state index in [1.807, 2.05) is 22.9 Å². The summed E-state index contributed by atoms with van der Waals surface area (Å²) in [5, 5.41) is 7.82. The molecule has 0 saturated heterocycles. The number of rotatable bonds is 12. The molecule has 0 fully saturated rings. The smallest absolute Gasteiger partial charge is 0.180 e. The van der Waals surface area contributed by atoms with E-state index in [4.69, 9.17) is 11.6 Å². The van der Waals surface area contributed by atoms with Gasteiger partial charge < -0.3 is 10.6 Å². The van der Waals surface area contributed by atoms with Crippen LogP contribution in [0.4, 0.5) is 11.5 Å². The summed E-state index contributed by atoms with van der Waals surface area (Å²) in [6.45, 7) is 14.0. The molecule has 0 amide bonds. The fourth-order valence-electron chi connectivity index (χ4n) is 4.96. The number of fused-ring (bicyclic) bond motifs is 1. The molecule has 2 heterocycles. The first-order valence-corrected chi connectivity index (χ1v) is 13.7. The lowest BCUT2D eigenvalue weighted by Gasteiger charge is -2.19. The summed E-state index contributed by atoms with van der Waals surface area (Å²) < 4.78 is 2.04. The predicted octanol–water partition coefficient (Wildman–Crippen LogP) is 8.44. The van der Waals surface area contributed by atoms with Crippen LogP contribution >= 0.6 is 11.6 Å². The molecule has 0 unspecified atom stereocenters. The van der Waals surface area contributed by atoms with Crippen LogP contribution in [0.15, 0.2) is 61.6 Å². The Hall–Kier alpha value is -3.31. The Labute approximate surface area is 226 Å². The largest absolute Gasteiger partial charge is 0.385 e. The van der Waals surface area contributed by atoms with Gasteiger partial charge in [0, 0.05) is 46.5 Å². The molecule has 0 aliphatic carbocycles. The molecule has 6 heteroatoms. The second-order valence-corrected chi connectivity index (χ2v) is 10.1. The Morgan fingerprint density at radius 2 is 1.84 bits per heavy atom. The van der Waals surface area contributed by atoms with Crippen LogP contribution < -0.4 is 10.6 Å². The second-order valence-electron chi connectivity index (χ2n) is 9.73. The number of hydrogen-bond donors (Lipinski definition) is 2. The number of nitrogens with one attached hydrogen (secondary N) is 2. The zero-order valence-electron chi connectivity index (χ0n) is 22.4. The van der Waals surface area contributed by atoms with Gasteiger partial charge >= 0.3 is 0 Å². The summed E-state index contributed by atoms with van der Waals surface area (Å²) >= 11 is 6.48. The van der Waals surface area contributed by atoms with E-state index in [1.54, 1.807) is 6.20 Å². The van der Waals surface area contributed by atoms with E-state index < -0.39 is 0 Å². The zero-order chi connectivity index (χ0) is 26.4. The Kier molecular flexibility index (Phi) is 8.88. The van der Waals surface area contributed by atoms with Crippen molar-refractivity contribution in [3.8, 4) is 11.3 Å².